The maximum absolute atomic E-state index is 14.3. The molecule has 0 saturated carbocycles. The molecule has 144 valence electrons. The first-order valence-corrected chi connectivity index (χ1v) is 8.73. The van der Waals surface area contributed by atoms with Crippen molar-refractivity contribution >= 4 is 17.5 Å². The molecule has 0 spiro atoms. The predicted molar refractivity (Wildman–Crippen MR) is 96.9 cm³/mol. The van der Waals surface area contributed by atoms with Gasteiger partial charge in [0.2, 0.25) is 0 Å². The normalized spacial score (nSPS) is 18.2. The molecule has 0 aliphatic carbocycles. The first-order chi connectivity index (χ1) is 12.1. The Labute approximate surface area is 152 Å². The van der Waals surface area contributed by atoms with Crippen molar-refractivity contribution in [1.29, 1.82) is 0 Å². The van der Waals surface area contributed by atoms with Crippen molar-refractivity contribution in [2.24, 2.45) is 0 Å². The number of rotatable bonds is 3. The van der Waals surface area contributed by atoms with Crippen molar-refractivity contribution in [2.45, 2.75) is 51.7 Å². The molecular formula is C18H26FN3O4. The Balaban J connectivity index is 2.15. The zero-order valence-corrected chi connectivity index (χ0v) is 15.7. The number of carbonyl (C=O) groups is 1. The summed E-state index contributed by atoms with van der Waals surface area (Å²) >= 11 is 0. The third kappa shape index (κ3) is 5.06. The van der Waals surface area contributed by atoms with Gasteiger partial charge in [0.05, 0.1) is 16.7 Å². The number of amides is 1. The van der Waals surface area contributed by atoms with Crippen molar-refractivity contribution in [3.8, 4) is 0 Å². The summed E-state index contributed by atoms with van der Waals surface area (Å²) in [5.74, 6) is -0.644. The molecule has 0 unspecified atom stereocenters. The van der Waals surface area contributed by atoms with E-state index in [4.69, 9.17) is 4.74 Å². The first kappa shape index (κ1) is 19.9. The number of non-ortho nitro benzene ring substituents is 1. The number of carbonyl (C=O) groups excluding carboxylic acids is 1. The van der Waals surface area contributed by atoms with Crippen LogP contribution in [0, 0.1) is 15.9 Å². The number of likely N-dealkylation sites (N-methyl/N-ethyl adjacent to an activating group) is 1. The van der Waals surface area contributed by atoms with Gasteiger partial charge in [-0.1, -0.05) is 0 Å². The predicted octanol–water partition coefficient (Wildman–Crippen LogP) is 3.96. The van der Waals surface area contributed by atoms with Gasteiger partial charge >= 0.3 is 6.09 Å². The van der Waals surface area contributed by atoms with Gasteiger partial charge in [0.1, 0.15) is 5.60 Å². The summed E-state index contributed by atoms with van der Waals surface area (Å²) in [6.45, 7) is 6.47. The molecule has 1 aromatic rings. The van der Waals surface area contributed by atoms with E-state index in [-0.39, 0.29) is 23.5 Å². The van der Waals surface area contributed by atoms with E-state index in [0.29, 0.717) is 13.1 Å². The standard InChI is InChI=1S/C18H26FN3O4/c1-18(2,3)26-17(23)21-10-6-5-7-14(12-21)20(4)16-9-8-13(22(24)25)11-15(16)19/h8-9,11,14H,5-7,10,12H2,1-4H3/t14-/m0/s1. The van der Waals surface area contributed by atoms with Crippen molar-refractivity contribution in [2.75, 3.05) is 25.0 Å². The number of ether oxygens (including phenoxy) is 1. The fraction of sp³-hybridized carbons (Fsp3) is 0.611. The Hall–Kier alpha value is -2.38. The zero-order valence-electron chi connectivity index (χ0n) is 15.7. The van der Waals surface area contributed by atoms with Crippen molar-refractivity contribution in [3.63, 3.8) is 0 Å². The van der Waals surface area contributed by atoms with Gasteiger partial charge in [0.25, 0.3) is 5.69 Å². The van der Waals surface area contributed by atoms with Gasteiger partial charge in [0.15, 0.2) is 5.82 Å². The summed E-state index contributed by atoms with van der Waals surface area (Å²) in [6.07, 6.45) is 2.18. The molecule has 0 N–H and O–H groups in total. The maximum atomic E-state index is 14.3. The number of nitro benzene ring substituents is 1. The minimum absolute atomic E-state index is 0.0963. The van der Waals surface area contributed by atoms with Crippen LogP contribution in [0.15, 0.2) is 18.2 Å². The van der Waals surface area contributed by atoms with Gasteiger partial charge in [-0.25, -0.2) is 9.18 Å². The van der Waals surface area contributed by atoms with E-state index in [9.17, 15) is 19.3 Å². The molecule has 2 rings (SSSR count). The van der Waals surface area contributed by atoms with Crippen LogP contribution in [0.4, 0.5) is 20.6 Å². The summed E-state index contributed by atoms with van der Waals surface area (Å²) in [6, 6.07) is 3.53. The highest BCUT2D eigenvalue weighted by atomic mass is 19.1. The SMILES string of the molecule is CN(c1ccc([N+](=O)[O-])cc1F)[C@H]1CCCCN(C(=O)OC(C)(C)C)C1. The Kier molecular flexibility index (Phi) is 6.05. The Morgan fingerprint density at radius 1 is 1.38 bits per heavy atom. The summed E-state index contributed by atoms with van der Waals surface area (Å²) < 4.78 is 19.8. The first-order valence-electron chi connectivity index (χ1n) is 8.73. The molecule has 0 bridgehead atoms. The number of hydrogen-bond acceptors (Lipinski definition) is 5. The topological polar surface area (TPSA) is 75.9 Å². The third-order valence-electron chi connectivity index (χ3n) is 4.37. The van der Waals surface area contributed by atoms with Gasteiger partial charge in [-0.15, -0.1) is 0 Å². The number of benzene rings is 1. The van der Waals surface area contributed by atoms with Gasteiger partial charge in [0, 0.05) is 32.2 Å². The van der Waals surface area contributed by atoms with E-state index in [0.717, 1.165) is 25.3 Å². The summed E-state index contributed by atoms with van der Waals surface area (Å²) in [7, 11) is 1.74. The van der Waals surface area contributed by atoms with E-state index in [1.54, 1.807) is 16.8 Å². The average molecular weight is 367 g/mol. The second kappa shape index (κ2) is 7.88. The number of halogens is 1. The molecule has 8 heteroatoms. The van der Waals surface area contributed by atoms with E-state index < -0.39 is 16.3 Å². The van der Waals surface area contributed by atoms with Crippen LogP contribution in [0.3, 0.4) is 0 Å². The van der Waals surface area contributed by atoms with Crippen LogP contribution in [0.25, 0.3) is 0 Å². The molecule has 1 saturated heterocycles. The number of hydrogen-bond donors (Lipinski definition) is 0. The monoisotopic (exact) mass is 367 g/mol. The van der Waals surface area contributed by atoms with Gasteiger partial charge < -0.3 is 14.5 Å². The molecule has 1 heterocycles. The molecule has 7 nitrogen and oxygen atoms in total. The molecule has 1 atom stereocenters. The fourth-order valence-corrected chi connectivity index (χ4v) is 3.02. The Bertz CT molecular complexity index is 675. The highest BCUT2D eigenvalue weighted by molar-refractivity contribution is 5.68. The molecule has 26 heavy (non-hydrogen) atoms. The lowest BCUT2D eigenvalue weighted by atomic mass is 10.1. The zero-order chi connectivity index (χ0) is 19.5. The fourth-order valence-electron chi connectivity index (χ4n) is 3.02. The van der Waals surface area contributed by atoms with Gasteiger partial charge in [-0.3, -0.25) is 10.1 Å². The van der Waals surface area contributed by atoms with Crippen LogP contribution in [-0.2, 0) is 4.74 Å². The summed E-state index contributed by atoms with van der Waals surface area (Å²) in [4.78, 5) is 26.0. The van der Waals surface area contributed by atoms with Gasteiger partial charge in [-0.05, 0) is 46.1 Å². The van der Waals surface area contributed by atoms with E-state index >= 15 is 0 Å². The number of likely N-dealkylation sites (tertiary alicyclic amines) is 1. The Morgan fingerprint density at radius 2 is 2.08 bits per heavy atom. The molecule has 1 fully saturated rings. The molecular weight excluding hydrogens is 341 g/mol. The van der Waals surface area contributed by atoms with Crippen LogP contribution in [0.2, 0.25) is 0 Å². The molecule has 1 aliphatic heterocycles. The number of nitrogens with zero attached hydrogens (tertiary/aromatic N) is 3. The van der Waals surface area contributed by atoms with E-state index in [2.05, 4.69) is 0 Å². The number of nitro groups is 1. The highest BCUT2D eigenvalue weighted by Crippen LogP contribution is 2.27. The van der Waals surface area contributed by atoms with Crippen molar-refractivity contribution < 1.29 is 18.8 Å². The summed E-state index contributed by atoms with van der Waals surface area (Å²) in [5, 5.41) is 10.8. The van der Waals surface area contributed by atoms with E-state index in [1.165, 1.54) is 12.1 Å². The lowest BCUT2D eigenvalue weighted by Gasteiger charge is -2.33. The third-order valence-corrected chi connectivity index (χ3v) is 4.37. The molecule has 1 amide bonds. The summed E-state index contributed by atoms with van der Waals surface area (Å²) in [5.41, 5.74) is -0.572. The molecule has 0 radical (unpaired) electrons. The molecule has 0 aromatic heterocycles. The molecule has 1 aliphatic rings. The maximum Gasteiger partial charge on any atom is 0.410 e. The average Bonchev–Trinajstić information content (AvgIpc) is 2.78. The van der Waals surface area contributed by atoms with Crippen molar-refractivity contribution in [3.05, 3.63) is 34.1 Å². The van der Waals surface area contributed by atoms with Crippen LogP contribution in [0.5, 0.6) is 0 Å². The Morgan fingerprint density at radius 3 is 2.65 bits per heavy atom. The number of anilines is 1. The van der Waals surface area contributed by atoms with Crippen LogP contribution in [-0.4, -0.2) is 47.7 Å². The second-order valence-corrected chi connectivity index (χ2v) is 7.58. The largest absolute Gasteiger partial charge is 0.444 e. The quantitative estimate of drug-likeness (QED) is 0.597. The highest BCUT2D eigenvalue weighted by Gasteiger charge is 2.29. The van der Waals surface area contributed by atoms with Gasteiger partial charge in [-0.2, -0.15) is 0 Å². The minimum atomic E-state index is -0.644. The van der Waals surface area contributed by atoms with E-state index in [1.807, 2.05) is 20.8 Å². The lowest BCUT2D eigenvalue weighted by molar-refractivity contribution is -0.385. The van der Waals surface area contributed by atoms with Crippen LogP contribution < -0.4 is 4.90 Å². The smallest absolute Gasteiger partial charge is 0.410 e. The molecule has 1 aromatic carbocycles. The lowest BCUT2D eigenvalue weighted by Crippen LogP contribution is -2.45. The van der Waals surface area contributed by atoms with Crippen molar-refractivity contribution in [1.82, 2.24) is 4.90 Å². The van der Waals surface area contributed by atoms with Crippen LogP contribution in [0.1, 0.15) is 40.0 Å². The second-order valence-electron chi connectivity index (χ2n) is 7.58. The minimum Gasteiger partial charge on any atom is -0.444 e. The van der Waals surface area contributed by atoms with Crippen LogP contribution >= 0.6 is 0 Å².